The normalized spacial score (nSPS) is 16.7. The van der Waals surface area contributed by atoms with E-state index in [0.717, 1.165) is 18.7 Å². The van der Waals surface area contributed by atoms with Crippen LogP contribution in [-0.4, -0.2) is 80.3 Å². The quantitative estimate of drug-likeness (QED) is 0.256. The summed E-state index contributed by atoms with van der Waals surface area (Å²) in [5, 5.41) is 3.78. The number of hydrogen-bond donors (Lipinski definition) is 0. The van der Waals surface area contributed by atoms with Gasteiger partial charge in [0.2, 0.25) is 5.82 Å². The first-order valence-corrected chi connectivity index (χ1v) is 11.8. The number of allylic oxidation sites excluding steroid dienone is 2. The highest BCUT2D eigenvalue weighted by Gasteiger charge is 2.27. The lowest BCUT2D eigenvalue weighted by molar-refractivity contribution is -0.113. The fraction of sp³-hybridized carbons (Fsp3) is 0.577. The molecule has 6 nitrogen and oxygen atoms in total. The molecule has 1 aromatic rings. The molecule has 1 saturated heterocycles. The zero-order chi connectivity index (χ0) is 25.4. The van der Waals surface area contributed by atoms with E-state index in [1.165, 1.54) is 13.0 Å². The highest BCUT2D eigenvalue weighted by Crippen LogP contribution is 2.26. The first-order valence-electron chi connectivity index (χ1n) is 11.8. The van der Waals surface area contributed by atoms with Crippen molar-refractivity contribution >= 4 is 5.78 Å². The maximum Gasteiger partial charge on any atom is 0.200 e. The summed E-state index contributed by atoms with van der Waals surface area (Å²) >= 11 is 0. The third kappa shape index (κ3) is 7.18. The number of rotatable bonds is 12. The van der Waals surface area contributed by atoms with Gasteiger partial charge in [-0.25, -0.2) is 14.4 Å². The van der Waals surface area contributed by atoms with E-state index in [0.29, 0.717) is 25.3 Å². The van der Waals surface area contributed by atoms with Gasteiger partial charge in [-0.3, -0.25) is 9.69 Å². The summed E-state index contributed by atoms with van der Waals surface area (Å²) in [5.41, 5.74) is 1.70. The van der Waals surface area contributed by atoms with E-state index >= 15 is 0 Å². The predicted molar refractivity (Wildman–Crippen MR) is 131 cm³/mol. The van der Waals surface area contributed by atoms with Gasteiger partial charge in [0.25, 0.3) is 0 Å². The van der Waals surface area contributed by atoms with Crippen LogP contribution in [0.5, 0.6) is 5.75 Å². The van der Waals surface area contributed by atoms with Crippen LogP contribution in [-0.2, 0) is 16.1 Å². The van der Waals surface area contributed by atoms with Crippen LogP contribution in [0.2, 0.25) is 0 Å². The Kier molecular flexibility index (Phi) is 10.8. The summed E-state index contributed by atoms with van der Waals surface area (Å²) in [6, 6.07) is 2.93. The van der Waals surface area contributed by atoms with Gasteiger partial charge in [-0.1, -0.05) is 32.6 Å². The van der Waals surface area contributed by atoms with Crippen LogP contribution in [0.25, 0.3) is 0 Å². The molecular weight excluding hydrogens is 440 g/mol. The van der Waals surface area contributed by atoms with Crippen LogP contribution in [0.4, 0.5) is 8.78 Å². The van der Waals surface area contributed by atoms with E-state index in [4.69, 9.17) is 9.47 Å². The van der Waals surface area contributed by atoms with Gasteiger partial charge in [-0.05, 0) is 31.4 Å². The second-order valence-corrected chi connectivity index (χ2v) is 9.09. The van der Waals surface area contributed by atoms with Gasteiger partial charge in [0.05, 0.1) is 13.2 Å². The highest BCUT2D eigenvalue weighted by molar-refractivity contribution is 5.96. The number of Topliss-reactive ketones (excluding diaryl/α,β-unsaturated/α-hetero) is 1. The van der Waals surface area contributed by atoms with Crippen LogP contribution >= 0.6 is 0 Å². The molecule has 1 aliphatic heterocycles. The van der Waals surface area contributed by atoms with Crippen molar-refractivity contribution < 1.29 is 23.0 Å². The Morgan fingerprint density at radius 3 is 2.41 bits per heavy atom. The number of ketones is 1. The smallest absolute Gasteiger partial charge is 0.200 e. The van der Waals surface area contributed by atoms with Gasteiger partial charge in [0.1, 0.15) is 6.61 Å². The molecule has 1 atom stereocenters. The Morgan fingerprint density at radius 2 is 1.85 bits per heavy atom. The van der Waals surface area contributed by atoms with E-state index in [-0.39, 0.29) is 42.2 Å². The van der Waals surface area contributed by atoms with Gasteiger partial charge in [-0.2, -0.15) is 4.39 Å². The minimum Gasteiger partial charge on any atom is -0.489 e. The molecule has 1 fully saturated rings. The largest absolute Gasteiger partial charge is 0.489 e. The van der Waals surface area contributed by atoms with Crippen molar-refractivity contribution in [2.24, 2.45) is 5.92 Å². The number of benzene rings is 1. The monoisotopic (exact) mass is 479 g/mol. The van der Waals surface area contributed by atoms with Crippen LogP contribution < -0.4 is 4.74 Å². The average molecular weight is 480 g/mol. The van der Waals surface area contributed by atoms with Crippen molar-refractivity contribution in [1.82, 2.24) is 14.9 Å². The summed E-state index contributed by atoms with van der Waals surface area (Å²) in [6.45, 7) is 15.4. The molecule has 0 aliphatic carbocycles. The lowest BCUT2D eigenvalue weighted by Crippen LogP contribution is -2.47. The number of carbonyl (C=O) groups excluding carboxylic acids is 1. The van der Waals surface area contributed by atoms with E-state index < -0.39 is 11.6 Å². The molecule has 0 amide bonds. The molecule has 0 N–H and O–H groups in total. The maximum atomic E-state index is 14.9. The third-order valence-electron chi connectivity index (χ3n) is 6.32. The zero-order valence-corrected chi connectivity index (χ0v) is 21.4. The molecular formula is C26H39F2N3O3. The average Bonchev–Trinajstić information content (AvgIpc) is 2.79. The third-order valence-corrected chi connectivity index (χ3v) is 6.32. The Bertz CT molecular complexity index is 882. The molecule has 1 heterocycles. The van der Waals surface area contributed by atoms with Crippen LogP contribution in [0.1, 0.15) is 33.3 Å². The number of morpholine rings is 1. The second-order valence-electron chi connectivity index (χ2n) is 9.09. The Morgan fingerprint density at radius 1 is 1.21 bits per heavy atom. The lowest BCUT2D eigenvalue weighted by atomic mass is 9.91. The van der Waals surface area contributed by atoms with Gasteiger partial charge in [0.15, 0.2) is 17.3 Å². The molecule has 0 spiro atoms. The summed E-state index contributed by atoms with van der Waals surface area (Å²) in [5.74, 6) is -1.84. The van der Waals surface area contributed by atoms with Crippen molar-refractivity contribution in [3.05, 3.63) is 53.1 Å². The summed E-state index contributed by atoms with van der Waals surface area (Å²) < 4.78 is 40.4. The number of ether oxygens (including phenoxy) is 2. The van der Waals surface area contributed by atoms with Gasteiger partial charge in [0, 0.05) is 57.5 Å². The van der Waals surface area contributed by atoms with Gasteiger partial charge in [-0.15, -0.1) is 0 Å². The van der Waals surface area contributed by atoms with E-state index in [1.807, 2.05) is 31.0 Å². The summed E-state index contributed by atoms with van der Waals surface area (Å²) in [6.07, 6.45) is 1.58. The number of nitrogens with zero attached hydrogens (tertiary/aromatic N) is 3. The van der Waals surface area contributed by atoms with Crippen LogP contribution in [0.15, 0.2) is 35.9 Å². The minimum atomic E-state index is -0.975. The number of halogens is 2. The highest BCUT2D eigenvalue weighted by atomic mass is 19.2. The molecule has 8 heteroatoms. The summed E-state index contributed by atoms with van der Waals surface area (Å²) in [4.78, 5) is 14.2. The van der Waals surface area contributed by atoms with E-state index in [1.54, 1.807) is 12.1 Å². The summed E-state index contributed by atoms with van der Waals surface area (Å²) in [7, 11) is 3.69. The van der Waals surface area contributed by atoms with Crippen molar-refractivity contribution in [2.45, 2.75) is 40.3 Å². The molecule has 34 heavy (non-hydrogen) atoms. The molecule has 190 valence electrons. The first-order chi connectivity index (χ1) is 16.1. The number of carbonyl (C=O) groups is 1. The van der Waals surface area contributed by atoms with Crippen molar-refractivity contribution in [2.75, 3.05) is 53.6 Å². The van der Waals surface area contributed by atoms with E-state index in [2.05, 4.69) is 25.3 Å². The Labute approximate surface area is 202 Å². The molecule has 0 aromatic heterocycles. The number of likely N-dealkylation sites (N-methyl/N-ethyl adjacent to an activating group) is 1. The first kappa shape index (κ1) is 28.1. The van der Waals surface area contributed by atoms with Crippen molar-refractivity contribution in [3.63, 3.8) is 0 Å². The fourth-order valence-electron chi connectivity index (χ4n) is 4.44. The number of hydrazine groups is 1. The Balaban J connectivity index is 2.10. The van der Waals surface area contributed by atoms with Crippen molar-refractivity contribution in [3.8, 4) is 5.75 Å². The zero-order valence-electron chi connectivity index (χ0n) is 21.4. The second kappa shape index (κ2) is 13.1. The molecule has 0 saturated carbocycles. The predicted octanol–water partition coefficient (Wildman–Crippen LogP) is 4.07. The fourth-order valence-corrected chi connectivity index (χ4v) is 4.44. The molecule has 0 bridgehead atoms. The topological polar surface area (TPSA) is 45.2 Å². The minimum absolute atomic E-state index is 0.0495. The Hall–Kier alpha value is -2.13. The molecule has 0 radical (unpaired) electrons. The molecule has 1 unspecified atom stereocenters. The molecule has 2 rings (SSSR count). The van der Waals surface area contributed by atoms with Gasteiger partial charge >= 0.3 is 0 Å². The maximum absolute atomic E-state index is 14.9. The lowest BCUT2D eigenvalue weighted by Gasteiger charge is -2.39. The number of hydrogen-bond acceptors (Lipinski definition) is 6. The van der Waals surface area contributed by atoms with Crippen LogP contribution in [0, 0.1) is 17.6 Å². The molecule has 1 aliphatic rings. The van der Waals surface area contributed by atoms with Gasteiger partial charge < -0.3 is 9.47 Å². The van der Waals surface area contributed by atoms with E-state index in [9.17, 15) is 13.6 Å². The van der Waals surface area contributed by atoms with Crippen LogP contribution in [0.3, 0.4) is 0 Å². The standard InChI is InChI=1S/C26H39F2N3O3/c1-8-22(20(5)32)19(4)26(18(2)3)30(7)29(6)17-21-9-10-23(25(28)24(21)27)34-16-13-31-11-14-33-15-12-31/h8-10,18,26H,1,11-17H2,2-7H3/b22-19+. The van der Waals surface area contributed by atoms with Crippen molar-refractivity contribution in [1.29, 1.82) is 0 Å². The SMILES string of the molecule is C=C/C(C(C)=O)=C(/C)C(C(C)C)N(C)N(C)Cc1ccc(OCCN2CCOCC2)c(F)c1F. The molecule has 1 aromatic carbocycles.